The van der Waals surface area contributed by atoms with Crippen LogP contribution in [0.2, 0.25) is 0 Å². The molecule has 0 rings (SSSR count). The minimum atomic E-state index is -5.01. The van der Waals surface area contributed by atoms with E-state index in [-0.39, 0.29) is 12.8 Å². The van der Waals surface area contributed by atoms with Crippen molar-refractivity contribution in [3.05, 3.63) is 0 Å². The maximum atomic E-state index is 13.0. The average molecular weight is 759 g/mol. The molecule has 0 aromatic carbocycles. The van der Waals surface area contributed by atoms with E-state index < -0.39 is 34.2 Å². The minimum absolute atomic E-state index is 0.255. The molecule has 0 aliphatic heterocycles. The van der Waals surface area contributed by atoms with Gasteiger partial charge in [-0.2, -0.15) is 8.42 Å². The van der Waals surface area contributed by atoms with E-state index in [1.807, 2.05) is 0 Å². The van der Waals surface area contributed by atoms with Crippen molar-refractivity contribution >= 4 is 22.3 Å². The van der Waals surface area contributed by atoms with Gasteiger partial charge in [0.1, 0.15) is 0 Å². The van der Waals surface area contributed by atoms with Crippen LogP contribution >= 0.6 is 0 Å². The van der Waals surface area contributed by atoms with E-state index in [9.17, 15) is 27.7 Å². The lowest BCUT2D eigenvalue weighted by atomic mass is 9.75. The van der Waals surface area contributed by atoms with E-state index in [1.54, 1.807) is 0 Å². The Labute approximate surface area is 323 Å². The second kappa shape index (κ2) is 36.8. The van der Waals surface area contributed by atoms with Crippen LogP contribution in [0.15, 0.2) is 0 Å². The summed E-state index contributed by atoms with van der Waals surface area (Å²) in [7, 11) is -5.01. The molecule has 310 valence electrons. The zero-order chi connectivity index (χ0) is 38.4. The summed E-state index contributed by atoms with van der Waals surface area (Å²) < 4.78 is 36.5. The van der Waals surface area contributed by atoms with Crippen molar-refractivity contribution in [3.8, 4) is 0 Å². The first kappa shape index (κ1) is 50.9. The zero-order valence-corrected chi connectivity index (χ0v) is 35.2. The zero-order valence-electron chi connectivity index (χ0n) is 34.4. The average Bonchev–Trinajstić information content (AvgIpc) is 3.09. The van der Waals surface area contributed by atoms with Gasteiger partial charge >= 0.3 is 22.3 Å². The second-order valence-electron chi connectivity index (χ2n) is 16.2. The molecule has 0 radical (unpaired) electrons. The fourth-order valence-electron chi connectivity index (χ4n) is 7.78. The normalized spacial score (nSPS) is 12.1. The minimum Gasteiger partial charge on any atom is -0.481 e. The highest BCUT2D eigenvalue weighted by molar-refractivity contribution is 7.81. The molecule has 0 amide bonds. The molecule has 0 unspecified atom stereocenters. The lowest BCUT2D eigenvalue weighted by Crippen LogP contribution is -2.37. The van der Waals surface area contributed by atoms with E-state index in [0.29, 0.717) is 12.8 Å². The SMILES string of the molecule is CCCCCCCCCCCCCCCCCCCCC(CCCCCCCCCCCCCCCCCCCC)(CC(=O)O)C(=O)OS(=O)(=O)O. The van der Waals surface area contributed by atoms with Crippen molar-refractivity contribution in [1.82, 2.24) is 0 Å². The van der Waals surface area contributed by atoms with Crippen LogP contribution in [0.3, 0.4) is 0 Å². The van der Waals surface area contributed by atoms with Crippen LogP contribution in [0, 0.1) is 5.41 Å². The van der Waals surface area contributed by atoms with E-state index in [2.05, 4.69) is 18.0 Å². The number of carboxylic acids is 1. The molecule has 0 saturated carbocycles. The standard InChI is InChI=1S/C44H86O7S/c1-3-5-7-9-11-13-15-17-19-21-23-25-27-29-31-33-35-37-39-44(41-42(45)46,43(47)51-52(48,49)50)40-38-36-34-32-30-28-26-24-22-20-18-16-14-12-10-8-6-4-2/h3-41H2,1-2H3,(H,45,46)(H,48,49,50). The highest BCUT2D eigenvalue weighted by Crippen LogP contribution is 2.38. The van der Waals surface area contributed by atoms with Crippen LogP contribution < -0.4 is 0 Å². The van der Waals surface area contributed by atoms with E-state index in [4.69, 9.17) is 0 Å². The number of rotatable bonds is 42. The number of hydrogen-bond acceptors (Lipinski definition) is 5. The number of unbranched alkanes of at least 4 members (excludes halogenated alkanes) is 34. The van der Waals surface area contributed by atoms with Gasteiger partial charge < -0.3 is 9.29 Å². The van der Waals surface area contributed by atoms with Gasteiger partial charge in [0.2, 0.25) is 0 Å². The third kappa shape index (κ3) is 34.6. The van der Waals surface area contributed by atoms with Crippen molar-refractivity contribution in [2.75, 3.05) is 0 Å². The Balaban J connectivity index is 4.22. The van der Waals surface area contributed by atoms with Gasteiger partial charge in [-0.05, 0) is 12.8 Å². The van der Waals surface area contributed by atoms with Gasteiger partial charge in [0, 0.05) is 0 Å². The molecular formula is C44H86O7S. The van der Waals surface area contributed by atoms with Gasteiger partial charge in [-0.1, -0.05) is 245 Å². The monoisotopic (exact) mass is 759 g/mol. The van der Waals surface area contributed by atoms with Crippen LogP contribution in [-0.4, -0.2) is 30.0 Å². The smallest absolute Gasteiger partial charge is 0.448 e. The number of carbonyl (C=O) groups is 2. The lowest BCUT2D eigenvalue weighted by Gasteiger charge is -2.29. The molecular weight excluding hydrogens is 673 g/mol. The third-order valence-corrected chi connectivity index (χ3v) is 11.5. The highest BCUT2D eigenvalue weighted by atomic mass is 32.3. The molecule has 8 heteroatoms. The van der Waals surface area contributed by atoms with Crippen molar-refractivity contribution in [1.29, 1.82) is 0 Å². The van der Waals surface area contributed by atoms with Crippen molar-refractivity contribution in [2.24, 2.45) is 5.41 Å². The van der Waals surface area contributed by atoms with Crippen LogP contribution in [0.4, 0.5) is 0 Å². The Morgan fingerprint density at radius 1 is 0.423 bits per heavy atom. The number of carbonyl (C=O) groups excluding carboxylic acids is 1. The summed E-state index contributed by atoms with van der Waals surface area (Å²) >= 11 is 0. The molecule has 0 aromatic rings. The first-order valence-electron chi connectivity index (χ1n) is 22.6. The largest absolute Gasteiger partial charge is 0.481 e. The van der Waals surface area contributed by atoms with Gasteiger partial charge in [0.15, 0.2) is 0 Å². The summed E-state index contributed by atoms with van der Waals surface area (Å²) in [5.74, 6) is -2.28. The summed E-state index contributed by atoms with van der Waals surface area (Å²) in [5, 5.41) is 9.68. The fraction of sp³-hybridized carbons (Fsp3) is 0.955. The predicted octanol–water partition coefficient (Wildman–Crippen LogP) is 14.7. The van der Waals surface area contributed by atoms with Gasteiger partial charge in [0.05, 0.1) is 11.8 Å². The second-order valence-corrected chi connectivity index (χ2v) is 17.2. The molecule has 0 aromatic heterocycles. The highest BCUT2D eigenvalue weighted by Gasteiger charge is 2.43. The first-order valence-corrected chi connectivity index (χ1v) is 24.0. The van der Waals surface area contributed by atoms with Crippen LogP contribution in [0.1, 0.15) is 264 Å². The van der Waals surface area contributed by atoms with Gasteiger partial charge in [-0.3, -0.25) is 14.1 Å². The lowest BCUT2D eigenvalue weighted by molar-refractivity contribution is -0.155. The van der Waals surface area contributed by atoms with E-state index in [1.165, 1.54) is 180 Å². The van der Waals surface area contributed by atoms with Gasteiger partial charge in [0.25, 0.3) is 0 Å². The Hall–Kier alpha value is -1.15. The number of aliphatic carboxylic acids is 1. The molecule has 0 fully saturated rings. The van der Waals surface area contributed by atoms with Crippen LogP contribution in [-0.2, 0) is 24.2 Å². The molecule has 7 nitrogen and oxygen atoms in total. The van der Waals surface area contributed by atoms with E-state index in [0.717, 1.165) is 38.5 Å². The fourth-order valence-corrected chi connectivity index (χ4v) is 8.15. The van der Waals surface area contributed by atoms with Crippen molar-refractivity contribution in [2.45, 2.75) is 264 Å². The molecule has 0 atom stereocenters. The number of hydrogen-bond donors (Lipinski definition) is 2. The molecule has 0 bridgehead atoms. The van der Waals surface area contributed by atoms with Gasteiger partial charge in [-0.15, -0.1) is 0 Å². The molecule has 0 aliphatic carbocycles. The Kier molecular flexibility index (Phi) is 36.0. The van der Waals surface area contributed by atoms with Crippen LogP contribution in [0.25, 0.3) is 0 Å². The Bertz CT molecular complexity index is 864. The summed E-state index contributed by atoms with van der Waals surface area (Å²) in [6.45, 7) is 4.53. The Morgan fingerprint density at radius 2 is 0.635 bits per heavy atom. The maximum Gasteiger partial charge on any atom is 0.448 e. The molecule has 0 saturated heterocycles. The van der Waals surface area contributed by atoms with Crippen molar-refractivity contribution < 1.29 is 31.8 Å². The third-order valence-electron chi connectivity index (χ3n) is 11.1. The molecule has 2 N–H and O–H groups in total. The molecule has 52 heavy (non-hydrogen) atoms. The summed E-state index contributed by atoms with van der Waals surface area (Å²) in [4.78, 5) is 24.9. The molecule has 0 spiro atoms. The molecule has 0 aliphatic rings. The summed E-state index contributed by atoms with van der Waals surface area (Å²) in [6, 6.07) is 0. The topological polar surface area (TPSA) is 118 Å². The van der Waals surface area contributed by atoms with Crippen LogP contribution in [0.5, 0.6) is 0 Å². The van der Waals surface area contributed by atoms with E-state index >= 15 is 0 Å². The number of carboxylic acid groups (broad SMARTS) is 1. The first-order chi connectivity index (χ1) is 25.2. The quantitative estimate of drug-likeness (QED) is 0.0470. The maximum absolute atomic E-state index is 13.0. The molecule has 0 heterocycles. The Morgan fingerprint density at radius 3 is 0.827 bits per heavy atom. The van der Waals surface area contributed by atoms with Crippen molar-refractivity contribution in [3.63, 3.8) is 0 Å². The van der Waals surface area contributed by atoms with Gasteiger partial charge in [-0.25, -0.2) is 0 Å². The summed E-state index contributed by atoms with van der Waals surface area (Å²) in [5.41, 5.74) is -1.44. The summed E-state index contributed by atoms with van der Waals surface area (Å²) in [6.07, 6.45) is 44.7. The predicted molar refractivity (Wildman–Crippen MR) is 219 cm³/mol.